The number of carbonyl (C=O) groups excluding carboxylic acids is 2. The van der Waals surface area contributed by atoms with E-state index in [0.29, 0.717) is 24.3 Å². The Kier molecular flexibility index (Phi) is 3.37. The van der Waals surface area contributed by atoms with Crippen molar-refractivity contribution in [2.24, 2.45) is 0 Å². The molecule has 0 spiro atoms. The highest BCUT2D eigenvalue weighted by Crippen LogP contribution is 2.25. The summed E-state index contributed by atoms with van der Waals surface area (Å²) in [5.41, 5.74) is 0.584. The molecule has 1 aromatic rings. The molecule has 7 heteroatoms. The van der Waals surface area contributed by atoms with Crippen LogP contribution in [0.5, 0.6) is 0 Å². The van der Waals surface area contributed by atoms with Crippen molar-refractivity contribution in [2.45, 2.75) is 19.0 Å². The molecule has 2 amide bonds. The molecule has 3 rings (SSSR count). The lowest BCUT2D eigenvalue weighted by Crippen LogP contribution is -2.47. The molecule has 2 aliphatic rings. The molecule has 20 heavy (non-hydrogen) atoms. The topological polar surface area (TPSA) is 49.4 Å². The molecule has 0 radical (unpaired) electrons. The first-order valence-electron chi connectivity index (χ1n) is 6.24. The molecular weight excluding hydrogens is 286 g/mol. The van der Waals surface area contributed by atoms with Gasteiger partial charge in [0.1, 0.15) is 17.7 Å². The summed E-state index contributed by atoms with van der Waals surface area (Å²) >= 11 is 1.06. The highest BCUT2D eigenvalue weighted by molar-refractivity contribution is 8.14. The smallest absolute Gasteiger partial charge is 0.279 e. The predicted octanol–water partition coefficient (Wildman–Crippen LogP) is 1.67. The van der Waals surface area contributed by atoms with Crippen LogP contribution in [0.15, 0.2) is 12.1 Å². The first-order valence-corrected chi connectivity index (χ1v) is 7.22. The van der Waals surface area contributed by atoms with Gasteiger partial charge in [0.25, 0.3) is 5.24 Å². The molecule has 1 aromatic carbocycles. The summed E-state index contributed by atoms with van der Waals surface area (Å²) in [4.78, 5) is 24.8. The quantitative estimate of drug-likeness (QED) is 0.858. The number of amides is 2. The maximum Gasteiger partial charge on any atom is 0.279 e. The number of nitrogens with one attached hydrogen (secondary N) is 1. The second-order valence-corrected chi connectivity index (χ2v) is 5.78. The van der Waals surface area contributed by atoms with Crippen LogP contribution in [0.4, 0.5) is 13.6 Å². The minimum absolute atomic E-state index is 0.0504. The Labute approximate surface area is 118 Å². The maximum absolute atomic E-state index is 13.7. The third-order valence-corrected chi connectivity index (χ3v) is 4.46. The van der Waals surface area contributed by atoms with Gasteiger partial charge in [-0.15, -0.1) is 0 Å². The summed E-state index contributed by atoms with van der Waals surface area (Å²) in [7, 11) is 0. The number of fused-ring (bicyclic) bond motifs is 1. The van der Waals surface area contributed by atoms with Crippen LogP contribution in [0.3, 0.4) is 0 Å². The Balaban J connectivity index is 1.80. The lowest BCUT2D eigenvalue weighted by Gasteiger charge is -2.31. The zero-order chi connectivity index (χ0) is 14.3. The molecule has 0 saturated carbocycles. The fourth-order valence-corrected chi connectivity index (χ4v) is 3.29. The number of hydrogen-bond acceptors (Lipinski definition) is 3. The van der Waals surface area contributed by atoms with Crippen molar-refractivity contribution < 1.29 is 18.4 Å². The van der Waals surface area contributed by atoms with E-state index in [1.54, 1.807) is 0 Å². The zero-order valence-electron chi connectivity index (χ0n) is 10.5. The van der Waals surface area contributed by atoms with Gasteiger partial charge in [0.2, 0.25) is 5.91 Å². The van der Waals surface area contributed by atoms with Crippen LogP contribution < -0.4 is 5.32 Å². The predicted molar refractivity (Wildman–Crippen MR) is 70.3 cm³/mol. The summed E-state index contributed by atoms with van der Waals surface area (Å²) in [6.45, 7) is 0.387. The summed E-state index contributed by atoms with van der Waals surface area (Å²) in [5, 5.41) is 2.34. The van der Waals surface area contributed by atoms with Gasteiger partial charge in [-0.25, -0.2) is 8.78 Å². The highest BCUT2D eigenvalue weighted by atomic mass is 32.2. The SMILES string of the molecule is O=C1NC(C(=O)N2CCc3c(F)ccc(F)c3C2)CS1. The second-order valence-electron chi connectivity index (χ2n) is 4.79. The lowest BCUT2D eigenvalue weighted by atomic mass is 9.98. The third-order valence-electron chi connectivity index (χ3n) is 3.58. The molecule has 0 aliphatic carbocycles. The molecule has 1 unspecified atom stereocenters. The fourth-order valence-electron chi connectivity index (χ4n) is 2.52. The Morgan fingerprint density at radius 3 is 2.65 bits per heavy atom. The summed E-state index contributed by atoms with van der Waals surface area (Å²) in [5.74, 6) is -0.785. The third kappa shape index (κ3) is 2.26. The average molecular weight is 298 g/mol. The molecule has 1 N–H and O–H groups in total. The normalized spacial score (nSPS) is 21.6. The molecule has 4 nitrogen and oxygen atoms in total. The van der Waals surface area contributed by atoms with Crippen LogP contribution in [0.2, 0.25) is 0 Å². The van der Waals surface area contributed by atoms with Crippen LogP contribution in [-0.4, -0.2) is 34.4 Å². The standard InChI is InChI=1S/C13H12F2N2O2S/c14-9-1-2-10(15)8-5-17(4-3-7(8)9)12(18)11-6-20-13(19)16-11/h1-2,11H,3-6H2,(H,16,19). The van der Waals surface area contributed by atoms with Gasteiger partial charge in [0.05, 0.1) is 0 Å². The van der Waals surface area contributed by atoms with E-state index < -0.39 is 17.7 Å². The first kappa shape index (κ1) is 13.4. The van der Waals surface area contributed by atoms with Crippen LogP contribution >= 0.6 is 11.8 Å². The van der Waals surface area contributed by atoms with Crippen LogP contribution in [-0.2, 0) is 17.8 Å². The van der Waals surface area contributed by atoms with E-state index in [0.717, 1.165) is 23.9 Å². The number of benzene rings is 1. The largest absolute Gasteiger partial charge is 0.336 e. The Bertz CT molecular complexity index is 594. The van der Waals surface area contributed by atoms with Crippen molar-refractivity contribution >= 4 is 22.9 Å². The fraction of sp³-hybridized carbons (Fsp3) is 0.385. The number of halogens is 2. The van der Waals surface area contributed by atoms with E-state index in [-0.39, 0.29) is 23.3 Å². The van der Waals surface area contributed by atoms with E-state index in [9.17, 15) is 18.4 Å². The van der Waals surface area contributed by atoms with Gasteiger partial charge < -0.3 is 10.2 Å². The van der Waals surface area contributed by atoms with Crippen molar-refractivity contribution in [3.63, 3.8) is 0 Å². The van der Waals surface area contributed by atoms with E-state index in [2.05, 4.69) is 5.32 Å². The van der Waals surface area contributed by atoms with Crippen molar-refractivity contribution in [2.75, 3.05) is 12.3 Å². The van der Waals surface area contributed by atoms with Gasteiger partial charge in [-0.05, 0) is 24.1 Å². The monoisotopic (exact) mass is 298 g/mol. The molecule has 1 atom stereocenters. The van der Waals surface area contributed by atoms with E-state index in [4.69, 9.17) is 0 Å². The average Bonchev–Trinajstić information content (AvgIpc) is 2.88. The van der Waals surface area contributed by atoms with Crippen LogP contribution in [0.25, 0.3) is 0 Å². The molecule has 1 saturated heterocycles. The number of rotatable bonds is 1. The lowest BCUT2D eigenvalue weighted by molar-refractivity contribution is -0.133. The van der Waals surface area contributed by atoms with Gasteiger partial charge in [-0.3, -0.25) is 9.59 Å². The molecule has 0 bridgehead atoms. The number of nitrogens with zero attached hydrogens (tertiary/aromatic N) is 1. The van der Waals surface area contributed by atoms with E-state index >= 15 is 0 Å². The molecule has 2 aliphatic heterocycles. The maximum atomic E-state index is 13.7. The number of carbonyl (C=O) groups is 2. The van der Waals surface area contributed by atoms with Crippen LogP contribution in [0.1, 0.15) is 11.1 Å². The molecule has 2 heterocycles. The molecule has 0 aromatic heterocycles. The van der Waals surface area contributed by atoms with Crippen molar-refractivity contribution in [3.8, 4) is 0 Å². The van der Waals surface area contributed by atoms with E-state index in [1.165, 1.54) is 4.90 Å². The highest BCUT2D eigenvalue weighted by Gasteiger charge is 2.33. The van der Waals surface area contributed by atoms with Gasteiger partial charge >= 0.3 is 0 Å². The minimum Gasteiger partial charge on any atom is -0.336 e. The van der Waals surface area contributed by atoms with Crippen molar-refractivity contribution in [3.05, 3.63) is 34.9 Å². The second kappa shape index (κ2) is 5.05. The van der Waals surface area contributed by atoms with E-state index in [1.807, 2.05) is 0 Å². The number of thioether (sulfide) groups is 1. The Morgan fingerprint density at radius 2 is 2.00 bits per heavy atom. The van der Waals surface area contributed by atoms with Gasteiger partial charge in [0.15, 0.2) is 0 Å². The Hall–Kier alpha value is -1.63. The van der Waals surface area contributed by atoms with Crippen LogP contribution in [0, 0.1) is 11.6 Å². The zero-order valence-corrected chi connectivity index (χ0v) is 11.3. The summed E-state index contributed by atoms with van der Waals surface area (Å²) in [6.07, 6.45) is 0.290. The minimum atomic E-state index is -0.564. The molecule has 1 fully saturated rings. The van der Waals surface area contributed by atoms with Gasteiger partial charge in [0, 0.05) is 24.4 Å². The number of hydrogen-bond donors (Lipinski definition) is 1. The molecular formula is C13H12F2N2O2S. The Morgan fingerprint density at radius 1 is 1.30 bits per heavy atom. The molecule has 106 valence electrons. The summed E-state index contributed by atoms with van der Waals surface area (Å²) < 4.78 is 27.4. The van der Waals surface area contributed by atoms with Crippen molar-refractivity contribution in [1.29, 1.82) is 0 Å². The van der Waals surface area contributed by atoms with Gasteiger partial charge in [-0.1, -0.05) is 11.8 Å². The van der Waals surface area contributed by atoms with Gasteiger partial charge in [-0.2, -0.15) is 0 Å². The first-order chi connectivity index (χ1) is 9.56. The summed E-state index contributed by atoms with van der Waals surface area (Å²) in [6, 6.07) is 1.63. The van der Waals surface area contributed by atoms with Crippen molar-refractivity contribution in [1.82, 2.24) is 10.2 Å².